The summed E-state index contributed by atoms with van der Waals surface area (Å²) in [6.45, 7) is 16.8. The van der Waals surface area contributed by atoms with Crippen LogP contribution in [0.2, 0.25) is 0 Å². The van der Waals surface area contributed by atoms with Gasteiger partial charge in [-0.1, -0.05) is 145 Å². The Morgan fingerprint density at radius 3 is 1.12 bits per heavy atom. The molecule has 0 bridgehead atoms. The Bertz CT molecular complexity index is 6670. The van der Waals surface area contributed by atoms with Crippen molar-refractivity contribution in [1.82, 2.24) is 54.8 Å². The summed E-state index contributed by atoms with van der Waals surface area (Å²) < 4.78 is 18.3. The summed E-state index contributed by atoms with van der Waals surface area (Å²) >= 11 is 0. The maximum absolute atomic E-state index is 6.09. The molecule has 597 valence electrons. The zero-order valence-electron chi connectivity index (χ0n) is 67.0. The van der Waals surface area contributed by atoms with E-state index in [0.29, 0.717) is 40.6 Å². The van der Waals surface area contributed by atoms with E-state index in [-0.39, 0.29) is 60.3 Å². The van der Waals surface area contributed by atoms with E-state index in [0.717, 1.165) is 173 Å². The maximum atomic E-state index is 6.09. The summed E-state index contributed by atoms with van der Waals surface area (Å²) in [6, 6.07) is 107. The molecule has 0 amide bonds. The van der Waals surface area contributed by atoms with E-state index < -0.39 is 0 Å². The molecule has 17 heteroatoms. The second kappa shape index (κ2) is 39.7. The van der Waals surface area contributed by atoms with E-state index in [1.807, 2.05) is 259 Å². The van der Waals surface area contributed by atoms with Crippen LogP contribution >= 0.6 is 0 Å². The van der Waals surface area contributed by atoms with Gasteiger partial charge in [0.25, 0.3) is 0 Å². The molecule has 12 aromatic heterocycles. The minimum Gasteiger partial charge on any atom is -0.486 e. The van der Waals surface area contributed by atoms with Crippen molar-refractivity contribution in [2.45, 2.75) is 68.2 Å². The van der Waals surface area contributed by atoms with Gasteiger partial charge in [-0.15, -0.1) is 162 Å². The number of rotatable bonds is 10. The third kappa shape index (κ3) is 20.0. The van der Waals surface area contributed by atoms with Crippen molar-refractivity contribution >= 4 is 98.8 Å². The molecule has 0 atom stereocenters. The van der Waals surface area contributed by atoms with Crippen LogP contribution in [-0.2, 0) is 73.2 Å². The largest absolute Gasteiger partial charge is 0.486 e. The molecule has 0 N–H and O–H groups in total. The van der Waals surface area contributed by atoms with Crippen LogP contribution in [0.5, 0.6) is 0 Å². The summed E-state index contributed by atoms with van der Waals surface area (Å²) in [6.07, 6.45) is 11.2. The number of pyridine rings is 7. The minimum absolute atomic E-state index is 0. The Morgan fingerprint density at radius 1 is 0.292 bits per heavy atom. The summed E-state index contributed by atoms with van der Waals surface area (Å²) in [5.74, 6) is 2.45. The molecule has 0 spiro atoms. The molecule has 0 fully saturated rings. The van der Waals surface area contributed by atoms with Gasteiger partial charge in [0.1, 0.15) is 0 Å². The summed E-state index contributed by atoms with van der Waals surface area (Å²) in [7, 11) is 0. The molecule has 21 aromatic rings. The first-order valence-electron chi connectivity index (χ1n) is 38.9. The summed E-state index contributed by atoms with van der Waals surface area (Å²) in [4.78, 5) is 49.8. The standard InChI is InChI=1S/2C24H20N3O.C21H13N2O.C12H10N.2C11H8N.3Ir/c2*1-14(2)11-16-8-9-17-13-25-23(27-21(17)12-16)20-6-4-5-18-19-10-7-15(3)26-24(19)28-22(18)20;1-13-9-10-17-16-7-4-8-18(20(16)24-21(17)23-13)19-15-6-3-2-5-14(15)11-12-22-19;1-10-6-5-9-12(13-10)11-7-3-2-4-8-11;2*1-2-6-10(7-3-1)11-8-4-5-9-12-11;;;/h2*4-5,7-10,12-14H,11H2,1-3H3;2-7,9-12H,1H3;2-7,9H,1H3;2*1-6,8-9H;;;/q6*-1;;;. The van der Waals surface area contributed by atoms with Gasteiger partial charge < -0.3 is 33.2 Å². The van der Waals surface area contributed by atoms with Crippen molar-refractivity contribution in [2.75, 3.05) is 0 Å². The Balaban J connectivity index is 0.000000128. The SMILES string of the molecule is Cc1ccc2c(n1)oc1c(-c3ncc4ccc(CC(C)C)cc4n3)[c-]ccc12.Cc1ccc2c(n1)oc1c(-c3ncc4ccc(CC(C)C)cc4n3)[c-]ccc12.Cc1ccc2c(n1)oc1c(-c3nccc4ccccc34)[c-]ccc12.Cc1cccc(-c2[c-]cccc2)n1.[Ir].[Ir].[Ir].[c-]1ccccc1-c1ccccn1.[c-]1ccccc1-c1ccccn1. The number of benzene rings is 9. The average molecular weight is 2100 g/mol. The van der Waals surface area contributed by atoms with E-state index >= 15 is 0 Å². The third-order valence-electron chi connectivity index (χ3n) is 19.4. The Labute approximate surface area is 737 Å². The number of aryl methyl sites for hydroxylation is 4. The van der Waals surface area contributed by atoms with Crippen LogP contribution in [0.4, 0.5) is 0 Å². The van der Waals surface area contributed by atoms with Gasteiger partial charge in [0.05, 0.1) is 39.4 Å². The normalized spacial score (nSPS) is 10.8. The molecule has 0 aliphatic rings. The molecule has 3 radical (unpaired) electrons. The van der Waals surface area contributed by atoms with Crippen molar-refractivity contribution in [2.24, 2.45) is 11.8 Å². The molecular formula is C103H79Ir3N11O3-6. The van der Waals surface area contributed by atoms with Crippen LogP contribution in [0.1, 0.15) is 61.6 Å². The number of nitrogens with zero attached hydrogens (tertiary/aromatic N) is 11. The number of furan rings is 3. The predicted molar refractivity (Wildman–Crippen MR) is 470 cm³/mol. The number of fused-ring (bicyclic) bond motifs is 12. The average Bonchev–Trinajstić information content (AvgIpc) is 1.54. The monoisotopic (exact) mass is 2100 g/mol. The molecule has 9 aromatic carbocycles. The van der Waals surface area contributed by atoms with Gasteiger partial charge in [-0.2, -0.15) is 0 Å². The Morgan fingerprint density at radius 2 is 0.700 bits per heavy atom. The second-order valence-electron chi connectivity index (χ2n) is 29.2. The molecule has 0 saturated carbocycles. The van der Waals surface area contributed by atoms with E-state index in [9.17, 15) is 0 Å². The van der Waals surface area contributed by atoms with Crippen molar-refractivity contribution < 1.29 is 73.6 Å². The van der Waals surface area contributed by atoms with Gasteiger partial charge >= 0.3 is 0 Å². The molecule has 14 nitrogen and oxygen atoms in total. The van der Waals surface area contributed by atoms with Crippen molar-refractivity contribution in [3.05, 3.63) is 368 Å². The van der Waals surface area contributed by atoms with E-state index in [2.05, 4.69) is 164 Å². The number of hydrogen-bond acceptors (Lipinski definition) is 14. The first-order chi connectivity index (χ1) is 57.3. The molecule has 0 aliphatic carbocycles. The van der Waals surface area contributed by atoms with Crippen LogP contribution in [0, 0.1) is 75.9 Å². The van der Waals surface area contributed by atoms with Crippen LogP contribution in [-0.4, -0.2) is 54.8 Å². The Kier molecular flexibility index (Phi) is 28.2. The third-order valence-corrected chi connectivity index (χ3v) is 19.4. The molecular weight excluding hydrogens is 2020 g/mol. The van der Waals surface area contributed by atoms with E-state index in [4.69, 9.17) is 23.2 Å². The van der Waals surface area contributed by atoms with E-state index in [1.165, 1.54) is 11.1 Å². The molecule has 0 unspecified atom stereocenters. The van der Waals surface area contributed by atoms with Gasteiger partial charge in [0.15, 0.2) is 0 Å². The van der Waals surface area contributed by atoms with Crippen LogP contribution in [0.3, 0.4) is 0 Å². The van der Waals surface area contributed by atoms with Crippen molar-refractivity contribution in [3.8, 4) is 67.8 Å². The quantitative estimate of drug-likeness (QED) is 0.118. The van der Waals surface area contributed by atoms with Gasteiger partial charge in [-0.3, -0.25) is 19.9 Å². The van der Waals surface area contributed by atoms with Crippen LogP contribution < -0.4 is 0 Å². The molecule has 0 saturated heterocycles. The fourth-order valence-electron chi connectivity index (χ4n) is 13.9. The van der Waals surface area contributed by atoms with Gasteiger partial charge in [-0.25, -0.2) is 15.0 Å². The molecule has 0 aliphatic heterocycles. The molecule has 12 heterocycles. The van der Waals surface area contributed by atoms with Crippen molar-refractivity contribution in [1.29, 1.82) is 0 Å². The van der Waals surface area contributed by atoms with E-state index in [1.54, 1.807) is 12.4 Å². The number of aromatic nitrogens is 11. The predicted octanol–water partition coefficient (Wildman–Crippen LogP) is 25.0. The number of hydrogen-bond donors (Lipinski definition) is 0. The topological polar surface area (TPSA) is 181 Å². The minimum atomic E-state index is 0. The summed E-state index contributed by atoms with van der Waals surface area (Å²) in [5.41, 5.74) is 21.8. The molecule has 21 rings (SSSR count). The smallest absolute Gasteiger partial charge is 0.216 e. The Hall–Kier alpha value is -12.7. The molecule has 120 heavy (non-hydrogen) atoms. The second-order valence-corrected chi connectivity index (χ2v) is 29.2. The van der Waals surface area contributed by atoms with Gasteiger partial charge in [-0.05, 0) is 170 Å². The fourth-order valence-corrected chi connectivity index (χ4v) is 13.9. The van der Waals surface area contributed by atoms with Crippen molar-refractivity contribution in [3.63, 3.8) is 0 Å². The maximum Gasteiger partial charge on any atom is 0.216 e. The first kappa shape index (κ1) is 85.2. The zero-order valence-corrected chi connectivity index (χ0v) is 74.2. The summed E-state index contributed by atoms with van der Waals surface area (Å²) in [5, 5.41) is 10.4. The fraction of sp³-hybridized carbons (Fsp3) is 0.117. The van der Waals surface area contributed by atoms with Crippen LogP contribution in [0.15, 0.2) is 311 Å². The van der Waals surface area contributed by atoms with Crippen LogP contribution in [0.25, 0.3) is 167 Å². The van der Waals surface area contributed by atoms with Gasteiger partial charge in [0, 0.05) is 141 Å². The zero-order chi connectivity index (χ0) is 80.1. The first-order valence-corrected chi connectivity index (χ1v) is 38.9. The van der Waals surface area contributed by atoms with Gasteiger partial charge in [0.2, 0.25) is 17.1 Å².